The summed E-state index contributed by atoms with van der Waals surface area (Å²) in [6.07, 6.45) is 20.1. The van der Waals surface area contributed by atoms with Crippen LogP contribution >= 0.6 is 0 Å². The van der Waals surface area contributed by atoms with Gasteiger partial charge in [-0.1, -0.05) is 57.7 Å². The Morgan fingerprint density at radius 2 is 1.23 bits per heavy atom. The van der Waals surface area contributed by atoms with Crippen LogP contribution in [0.15, 0.2) is 76.0 Å². The smallest absolute Gasteiger partial charge is 0.329 e. The average molecular weight is 734 g/mol. The van der Waals surface area contributed by atoms with Crippen molar-refractivity contribution in [2.75, 3.05) is 20.3 Å². The number of ether oxygens (including phenoxy) is 3. The van der Waals surface area contributed by atoms with E-state index in [9.17, 15) is 24.6 Å². The van der Waals surface area contributed by atoms with Gasteiger partial charge in [-0.3, -0.25) is 9.59 Å². The summed E-state index contributed by atoms with van der Waals surface area (Å²) in [5.41, 5.74) is 7.80. The number of fused-ring (bicyclic) bond motifs is 1. The summed E-state index contributed by atoms with van der Waals surface area (Å²) in [5.74, 6) is -2.65. The molecule has 0 fully saturated rings. The molecule has 0 saturated carbocycles. The number of allylic oxidation sites excluding steroid dienone is 10. The normalized spacial score (nSPS) is 14.1. The molecule has 0 aliphatic carbocycles. The van der Waals surface area contributed by atoms with E-state index in [1.54, 1.807) is 0 Å². The lowest BCUT2D eigenvalue weighted by molar-refractivity contribution is -0.149. The standard InChI is InChI=1S/C44H63NO8/c1-30(2)14-10-16-32(5)18-12-20-34(7)24-26-52-42-39(46)28-36-37(41(42)48)29-45(43(36)49)38(22-23-40(47)51-9)44(50)53-27-25-35(8)21-13-19-33(6)17-11-15-31(3)4/h14-15,18-19,24-25,28,38,46,48H,10-13,16-17,20-23,26-27,29H2,1-9H3/b32-18+,33-19+,34-24+,35-25+/t38-/m0/s1. The lowest BCUT2D eigenvalue weighted by atomic mass is 10.1. The van der Waals surface area contributed by atoms with Crippen LogP contribution in [0, 0.1) is 0 Å². The van der Waals surface area contributed by atoms with Crippen molar-refractivity contribution in [2.45, 2.75) is 132 Å². The number of carbonyl (C=O) groups excluding carboxylic acids is 3. The van der Waals surface area contributed by atoms with E-state index in [1.807, 2.05) is 26.0 Å². The average Bonchev–Trinajstić information content (AvgIpc) is 3.41. The van der Waals surface area contributed by atoms with E-state index in [2.05, 4.69) is 65.8 Å². The molecule has 2 N–H and O–H groups in total. The number of aromatic hydroxyl groups is 2. The summed E-state index contributed by atoms with van der Waals surface area (Å²) >= 11 is 0. The highest BCUT2D eigenvalue weighted by molar-refractivity contribution is 6.02. The zero-order chi connectivity index (χ0) is 39.5. The van der Waals surface area contributed by atoms with Gasteiger partial charge in [0.25, 0.3) is 5.91 Å². The predicted molar refractivity (Wildman–Crippen MR) is 212 cm³/mol. The third-order valence-corrected chi connectivity index (χ3v) is 9.22. The zero-order valence-electron chi connectivity index (χ0n) is 33.6. The number of hydrogen-bond donors (Lipinski definition) is 2. The molecule has 1 aromatic rings. The van der Waals surface area contributed by atoms with Crippen LogP contribution in [0.2, 0.25) is 0 Å². The van der Waals surface area contributed by atoms with E-state index in [0.717, 1.165) is 62.5 Å². The fourth-order valence-electron chi connectivity index (χ4n) is 5.88. The molecule has 0 saturated heterocycles. The molecule has 9 heteroatoms. The Labute approximate surface area is 317 Å². The summed E-state index contributed by atoms with van der Waals surface area (Å²) in [6, 6.07) is 0.133. The Balaban J connectivity index is 2.07. The van der Waals surface area contributed by atoms with Crippen LogP contribution in [0.25, 0.3) is 0 Å². The quantitative estimate of drug-likeness (QED) is 0.0892. The number of esters is 2. The van der Waals surface area contributed by atoms with Crippen molar-refractivity contribution < 1.29 is 38.8 Å². The number of methoxy groups -OCH3 is 1. The van der Waals surface area contributed by atoms with E-state index in [0.29, 0.717) is 0 Å². The predicted octanol–water partition coefficient (Wildman–Crippen LogP) is 10.1. The van der Waals surface area contributed by atoms with Gasteiger partial charge >= 0.3 is 11.9 Å². The van der Waals surface area contributed by atoms with Crippen molar-refractivity contribution in [3.8, 4) is 17.2 Å². The van der Waals surface area contributed by atoms with E-state index in [-0.39, 0.29) is 61.0 Å². The molecule has 9 nitrogen and oxygen atoms in total. The van der Waals surface area contributed by atoms with Gasteiger partial charge in [-0.05, 0) is 131 Å². The van der Waals surface area contributed by atoms with Crippen LogP contribution in [-0.2, 0) is 25.6 Å². The molecule has 0 bridgehead atoms. The Morgan fingerprint density at radius 1 is 0.736 bits per heavy atom. The monoisotopic (exact) mass is 733 g/mol. The summed E-state index contributed by atoms with van der Waals surface area (Å²) < 4.78 is 16.2. The van der Waals surface area contributed by atoms with Crippen LogP contribution in [0.4, 0.5) is 0 Å². The second kappa shape index (κ2) is 23.2. The fraction of sp³-hybridized carbons (Fsp3) is 0.523. The molecule has 53 heavy (non-hydrogen) atoms. The number of benzene rings is 1. The van der Waals surface area contributed by atoms with Gasteiger partial charge < -0.3 is 29.3 Å². The lowest BCUT2D eigenvalue weighted by Crippen LogP contribution is -2.42. The highest BCUT2D eigenvalue weighted by Crippen LogP contribution is 2.44. The molecule has 1 amide bonds. The van der Waals surface area contributed by atoms with E-state index >= 15 is 0 Å². The molecular weight excluding hydrogens is 670 g/mol. The van der Waals surface area contributed by atoms with Crippen molar-refractivity contribution in [3.05, 3.63) is 87.1 Å². The summed E-state index contributed by atoms with van der Waals surface area (Å²) in [6.45, 7) is 16.7. The number of phenolic OH excluding ortho intramolecular Hbond substituents is 2. The molecule has 0 unspecified atom stereocenters. The molecule has 0 radical (unpaired) electrons. The Bertz CT molecular complexity index is 1600. The van der Waals surface area contributed by atoms with E-state index in [1.165, 1.54) is 40.4 Å². The van der Waals surface area contributed by atoms with Crippen molar-refractivity contribution in [1.82, 2.24) is 4.90 Å². The molecule has 2 rings (SSSR count). The first-order chi connectivity index (χ1) is 25.1. The van der Waals surface area contributed by atoms with Gasteiger partial charge in [-0.2, -0.15) is 0 Å². The highest BCUT2D eigenvalue weighted by Gasteiger charge is 2.40. The van der Waals surface area contributed by atoms with E-state index in [4.69, 9.17) is 14.2 Å². The molecule has 0 aromatic heterocycles. The minimum absolute atomic E-state index is 0.0147. The number of carbonyl (C=O) groups is 3. The minimum atomic E-state index is -1.12. The molecule has 0 spiro atoms. The molecule has 1 atom stereocenters. The van der Waals surface area contributed by atoms with Crippen molar-refractivity contribution in [1.29, 1.82) is 0 Å². The Kier molecular flexibility index (Phi) is 19.5. The first kappa shape index (κ1) is 44.6. The van der Waals surface area contributed by atoms with Gasteiger partial charge in [0.1, 0.15) is 19.3 Å². The van der Waals surface area contributed by atoms with Crippen LogP contribution in [0.5, 0.6) is 17.2 Å². The van der Waals surface area contributed by atoms with Crippen LogP contribution < -0.4 is 4.74 Å². The largest absolute Gasteiger partial charge is 0.504 e. The third-order valence-electron chi connectivity index (χ3n) is 9.22. The number of nitrogens with zero attached hydrogens (tertiary/aromatic N) is 1. The highest BCUT2D eigenvalue weighted by atomic mass is 16.5. The minimum Gasteiger partial charge on any atom is -0.504 e. The SMILES string of the molecule is COC(=O)CC[C@@H](C(=O)OC/C=C(\C)CC/C=C(\C)CCC=C(C)C)N1Cc2c(cc(O)c(OC/C=C(\C)CC/C=C(\C)CCC=C(C)C)c2O)C1=O. The van der Waals surface area contributed by atoms with E-state index < -0.39 is 23.9 Å². The summed E-state index contributed by atoms with van der Waals surface area (Å²) in [5, 5.41) is 21.9. The van der Waals surface area contributed by atoms with Gasteiger partial charge in [-0.25, -0.2) is 4.79 Å². The topological polar surface area (TPSA) is 123 Å². The van der Waals surface area contributed by atoms with Gasteiger partial charge in [0.15, 0.2) is 11.5 Å². The number of amides is 1. The molecule has 292 valence electrons. The lowest BCUT2D eigenvalue weighted by Gasteiger charge is -2.25. The Hall–Kier alpha value is -4.53. The number of phenols is 2. The Morgan fingerprint density at radius 3 is 1.74 bits per heavy atom. The molecule has 1 heterocycles. The second-order valence-electron chi connectivity index (χ2n) is 14.5. The van der Waals surface area contributed by atoms with Crippen LogP contribution in [-0.4, -0.2) is 59.3 Å². The summed E-state index contributed by atoms with van der Waals surface area (Å²) in [7, 11) is 1.26. The maximum absolute atomic E-state index is 13.6. The number of rotatable bonds is 22. The van der Waals surface area contributed by atoms with Gasteiger partial charge in [0.2, 0.25) is 5.75 Å². The van der Waals surface area contributed by atoms with Gasteiger partial charge in [0.05, 0.1) is 19.2 Å². The van der Waals surface area contributed by atoms with Crippen LogP contribution in [0.3, 0.4) is 0 Å². The third kappa shape index (κ3) is 15.9. The zero-order valence-corrected chi connectivity index (χ0v) is 33.6. The second-order valence-corrected chi connectivity index (χ2v) is 14.5. The first-order valence-electron chi connectivity index (χ1n) is 18.8. The van der Waals surface area contributed by atoms with Crippen LogP contribution in [0.1, 0.15) is 136 Å². The maximum Gasteiger partial charge on any atom is 0.329 e. The van der Waals surface area contributed by atoms with Crippen molar-refractivity contribution in [2.24, 2.45) is 0 Å². The number of hydrogen-bond acceptors (Lipinski definition) is 8. The molecule has 1 aliphatic rings. The molecule has 1 aliphatic heterocycles. The summed E-state index contributed by atoms with van der Waals surface area (Å²) in [4.78, 5) is 40.3. The molecule has 1 aromatic carbocycles. The van der Waals surface area contributed by atoms with Gasteiger partial charge in [-0.15, -0.1) is 0 Å². The van der Waals surface area contributed by atoms with Crippen molar-refractivity contribution >= 4 is 17.8 Å². The first-order valence-corrected chi connectivity index (χ1v) is 18.8. The molecular formula is C44H63NO8. The fourth-order valence-corrected chi connectivity index (χ4v) is 5.88. The maximum atomic E-state index is 13.6. The van der Waals surface area contributed by atoms with Gasteiger partial charge in [0, 0.05) is 12.0 Å². The van der Waals surface area contributed by atoms with Crippen molar-refractivity contribution in [3.63, 3.8) is 0 Å².